The first-order chi connectivity index (χ1) is 7.69. The largest absolute Gasteiger partial charge is 0.573 e. The maximum Gasteiger partial charge on any atom is 0.573 e. The molecule has 0 radical (unpaired) electrons. The third kappa shape index (κ3) is 4.14. The summed E-state index contributed by atoms with van der Waals surface area (Å²) in [5.41, 5.74) is -0.175. The van der Waals surface area contributed by atoms with Crippen LogP contribution in [-0.4, -0.2) is 17.4 Å². The SMILES string of the molecule is CC(=O)Nc1cc(OC(F)(F)F)cc(Br)c1O. The molecule has 8 heteroatoms. The molecule has 1 aromatic rings. The summed E-state index contributed by atoms with van der Waals surface area (Å²) in [6.45, 7) is 1.16. The molecule has 4 nitrogen and oxygen atoms in total. The number of anilines is 1. The molecule has 1 amide bonds. The number of rotatable bonds is 2. The van der Waals surface area contributed by atoms with Crippen molar-refractivity contribution in [1.82, 2.24) is 0 Å². The number of hydrogen-bond acceptors (Lipinski definition) is 3. The van der Waals surface area contributed by atoms with Gasteiger partial charge in [0.05, 0.1) is 10.2 Å². The maximum atomic E-state index is 12.0. The molecule has 0 aliphatic rings. The lowest BCUT2D eigenvalue weighted by Crippen LogP contribution is -2.17. The van der Waals surface area contributed by atoms with E-state index in [-0.39, 0.29) is 15.9 Å². The Balaban J connectivity index is 3.10. The maximum absolute atomic E-state index is 12.0. The number of aromatic hydroxyl groups is 1. The van der Waals surface area contributed by atoms with Gasteiger partial charge in [-0.15, -0.1) is 13.2 Å². The van der Waals surface area contributed by atoms with E-state index in [0.29, 0.717) is 0 Å². The van der Waals surface area contributed by atoms with E-state index < -0.39 is 18.0 Å². The zero-order valence-electron chi connectivity index (χ0n) is 8.43. The van der Waals surface area contributed by atoms with E-state index >= 15 is 0 Å². The van der Waals surface area contributed by atoms with E-state index in [1.807, 2.05) is 0 Å². The summed E-state index contributed by atoms with van der Waals surface area (Å²) in [4.78, 5) is 10.8. The van der Waals surface area contributed by atoms with Crippen molar-refractivity contribution in [3.05, 3.63) is 16.6 Å². The normalized spacial score (nSPS) is 11.1. The van der Waals surface area contributed by atoms with Crippen LogP contribution in [0.5, 0.6) is 11.5 Å². The van der Waals surface area contributed by atoms with Crippen LogP contribution in [0.15, 0.2) is 16.6 Å². The summed E-state index contributed by atoms with van der Waals surface area (Å²) < 4.78 is 39.6. The number of phenols is 1. The highest BCUT2D eigenvalue weighted by atomic mass is 79.9. The van der Waals surface area contributed by atoms with Crippen LogP contribution in [0, 0.1) is 0 Å². The molecule has 0 aromatic heterocycles. The number of ether oxygens (including phenoxy) is 1. The van der Waals surface area contributed by atoms with Crippen molar-refractivity contribution in [3.63, 3.8) is 0 Å². The molecule has 0 saturated carbocycles. The van der Waals surface area contributed by atoms with Crippen LogP contribution in [-0.2, 0) is 4.79 Å². The Hall–Kier alpha value is -1.44. The van der Waals surface area contributed by atoms with Crippen molar-refractivity contribution in [2.45, 2.75) is 13.3 Å². The fraction of sp³-hybridized carbons (Fsp3) is 0.222. The van der Waals surface area contributed by atoms with Crippen LogP contribution in [0.2, 0.25) is 0 Å². The minimum Gasteiger partial charge on any atom is -0.505 e. The zero-order chi connectivity index (χ0) is 13.2. The van der Waals surface area contributed by atoms with Crippen molar-refractivity contribution < 1.29 is 27.8 Å². The van der Waals surface area contributed by atoms with E-state index in [9.17, 15) is 23.1 Å². The Morgan fingerprint density at radius 1 is 1.47 bits per heavy atom. The predicted molar refractivity (Wildman–Crippen MR) is 56.8 cm³/mol. The molecule has 0 aliphatic heterocycles. The van der Waals surface area contributed by atoms with E-state index in [0.717, 1.165) is 19.1 Å². The Labute approximate surface area is 103 Å². The highest BCUT2D eigenvalue weighted by Gasteiger charge is 2.31. The average molecular weight is 314 g/mol. The van der Waals surface area contributed by atoms with Crippen molar-refractivity contribution >= 4 is 27.5 Å². The quantitative estimate of drug-likeness (QED) is 0.825. The van der Waals surface area contributed by atoms with Crippen LogP contribution in [0.25, 0.3) is 0 Å². The van der Waals surface area contributed by atoms with Crippen LogP contribution < -0.4 is 10.1 Å². The molecule has 17 heavy (non-hydrogen) atoms. The second-order valence-corrected chi connectivity index (χ2v) is 3.88. The van der Waals surface area contributed by atoms with Gasteiger partial charge in [-0.2, -0.15) is 0 Å². The average Bonchev–Trinajstić information content (AvgIpc) is 2.09. The molecule has 94 valence electrons. The molecule has 0 saturated heterocycles. The Morgan fingerprint density at radius 2 is 2.06 bits per heavy atom. The zero-order valence-corrected chi connectivity index (χ0v) is 10.0. The van der Waals surface area contributed by atoms with Gasteiger partial charge in [0.2, 0.25) is 5.91 Å². The number of alkyl halides is 3. The molecule has 1 rings (SSSR count). The molecular formula is C9H7BrF3NO3. The van der Waals surface area contributed by atoms with Crippen molar-refractivity contribution in [1.29, 1.82) is 0 Å². The molecule has 2 N–H and O–H groups in total. The second-order valence-electron chi connectivity index (χ2n) is 3.03. The number of hydrogen-bond donors (Lipinski definition) is 2. The molecule has 0 aliphatic carbocycles. The standard InChI is InChI=1S/C9H7BrF3NO3/c1-4(15)14-7-3-5(17-9(11,12)13)2-6(10)8(7)16/h2-3,16H,1H3,(H,14,15). The molecule has 0 atom stereocenters. The molecule has 0 spiro atoms. The lowest BCUT2D eigenvalue weighted by Gasteiger charge is -2.12. The van der Waals surface area contributed by atoms with Gasteiger partial charge in [0, 0.05) is 13.0 Å². The third-order valence-electron chi connectivity index (χ3n) is 1.58. The summed E-state index contributed by atoms with van der Waals surface area (Å²) in [7, 11) is 0. The number of carbonyl (C=O) groups is 1. The Bertz CT molecular complexity index is 448. The number of benzene rings is 1. The lowest BCUT2D eigenvalue weighted by molar-refractivity contribution is -0.274. The van der Waals surface area contributed by atoms with Crippen molar-refractivity contribution in [2.75, 3.05) is 5.32 Å². The Kier molecular flexibility index (Phi) is 3.87. The molecule has 1 aromatic carbocycles. The lowest BCUT2D eigenvalue weighted by atomic mass is 10.2. The van der Waals surface area contributed by atoms with Gasteiger partial charge in [0.1, 0.15) is 5.75 Å². The number of halogens is 4. The van der Waals surface area contributed by atoms with E-state index in [1.54, 1.807) is 0 Å². The molecular weight excluding hydrogens is 307 g/mol. The van der Waals surface area contributed by atoms with Gasteiger partial charge in [0.15, 0.2) is 5.75 Å². The first kappa shape index (κ1) is 13.6. The van der Waals surface area contributed by atoms with Gasteiger partial charge >= 0.3 is 6.36 Å². The Morgan fingerprint density at radius 3 is 2.53 bits per heavy atom. The van der Waals surface area contributed by atoms with Crippen molar-refractivity contribution in [3.8, 4) is 11.5 Å². The molecule has 0 fully saturated rings. The molecule has 0 bridgehead atoms. The highest BCUT2D eigenvalue weighted by molar-refractivity contribution is 9.10. The van der Waals surface area contributed by atoms with Gasteiger partial charge in [-0.1, -0.05) is 0 Å². The van der Waals surface area contributed by atoms with Gasteiger partial charge < -0.3 is 15.2 Å². The topological polar surface area (TPSA) is 58.6 Å². The van der Waals surface area contributed by atoms with Gasteiger partial charge in [0.25, 0.3) is 0 Å². The first-order valence-electron chi connectivity index (χ1n) is 4.25. The molecule has 0 unspecified atom stereocenters. The van der Waals surface area contributed by atoms with Gasteiger partial charge in [-0.3, -0.25) is 4.79 Å². The highest BCUT2D eigenvalue weighted by Crippen LogP contribution is 2.38. The van der Waals surface area contributed by atoms with Crippen molar-refractivity contribution in [2.24, 2.45) is 0 Å². The summed E-state index contributed by atoms with van der Waals surface area (Å²) >= 11 is 2.85. The summed E-state index contributed by atoms with van der Waals surface area (Å²) in [6.07, 6.45) is -4.84. The minimum atomic E-state index is -4.84. The summed E-state index contributed by atoms with van der Waals surface area (Å²) in [6, 6.07) is 1.81. The summed E-state index contributed by atoms with van der Waals surface area (Å²) in [5.74, 6) is -1.46. The summed E-state index contributed by atoms with van der Waals surface area (Å²) in [5, 5.41) is 11.6. The van der Waals surface area contributed by atoms with E-state index in [1.165, 1.54) is 0 Å². The van der Waals surface area contributed by atoms with Gasteiger partial charge in [-0.25, -0.2) is 0 Å². The monoisotopic (exact) mass is 313 g/mol. The third-order valence-corrected chi connectivity index (χ3v) is 2.19. The van der Waals surface area contributed by atoms with Crippen LogP contribution in [0.1, 0.15) is 6.92 Å². The number of nitrogens with one attached hydrogen (secondary N) is 1. The van der Waals surface area contributed by atoms with E-state index in [2.05, 4.69) is 26.0 Å². The van der Waals surface area contributed by atoms with Crippen LogP contribution >= 0.6 is 15.9 Å². The minimum absolute atomic E-state index is 0.0250. The van der Waals surface area contributed by atoms with Crippen LogP contribution in [0.3, 0.4) is 0 Å². The molecule has 0 heterocycles. The first-order valence-corrected chi connectivity index (χ1v) is 5.04. The fourth-order valence-electron chi connectivity index (χ4n) is 1.05. The smallest absolute Gasteiger partial charge is 0.505 e. The van der Waals surface area contributed by atoms with E-state index in [4.69, 9.17) is 0 Å². The predicted octanol–water partition coefficient (Wildman–Crippen LogP) is 3.01. The van der Waals surface area contributed by atoms with Crippen LogP contribution in [0.4, 0.5) is 18.9 Å². The van der Waals surface area contributed by atoms with Gasteiger partial charge in [-0.05, 0) is 22.0 Å². The second kappa shape index (κ2) is 4.82. The fourth-order valence-corrected chi connectivity index (χ4v) is 1.49. The number of phenolic OH excluding ortho intramolecular Hbond substituents is 1. The number of carbonyl (C=O) groups excluding carboxylic acids is 1. The number of amides is 1.